The van der Waals surface area contributed by atoms with E-state index in [0.717, 1.165) is 37.0 Å². The van der Waals surface area contributed by atoms with Crippen molar-refractivity contribution in [3.05, 3.63) is 94.3 Å². The van der Waals surface area contributed by atoms with Gasteiger partial charge in [-0.05, 0) is 97.6 Å². The van der Waals surface area contributed by atoms with Crippen molar-refractivity contribution in [3.63, 3.8) is 0 Å². The van der Waals surface area contributed by atoms with Gasteiger partial charge in [0.2, 0.25) is 5.91 Å². The van der Waals surface area contributed by atoms with Crippen LogP contribution in [0.15, 0.2) is 67.0 Å². The summed E-state index contributed by atoms with van der Waals surface area (Å²) in [4.78, 5) is 60.0. The highest BCUT2D eigenvalue weighted by Crippen LogP contribution is 2.59. The number of imidazole rings is 1. The SMILES string of the molecule is O=C(O)c1ccc(Cl)c(NC(=O)C(CNC(=O)c2cc3nc[nH]c3cc2C(=O)NCC23CC4CC(CC(C4)C2)C3)c2ccccc2)c1. The molecule has 0 aliphatic heterocycles. The van der Waals surface area contributed by atoms with Gasteiger partial charge in [-0.1, -0.05) is 41.9 Å². The maximum absolute atomic E-state index is 13.8. The zero-order valence-electron chi connectivity index (χ0n) is 25.7. The summed E-state index contributed by atoms with van der Waals surface area (Å²) >= 11 is 6.28. The van der Waals surface area contributed by atoms with Crippen molar-refractivity contribution in [2.45, 2.75) is 44.4 Å². The van der Waals surface area contributed by atoms with Crippen molar-refractivity contribution in [1.29, 1.82) is 0 Å². The number of nitrogens with zero attached hydrogens (tertiary/aromatic N) is 1. The molecule has 4 aromatic rings. The number of carboxylic acid groups (broad SMARTS) is 1. The van der Waals surface area contributed by atoms with E-state index in [1.54, 1.807) is 36.4 Å². The van der Waals surface area contributed by atoms with Gasteiger partial charge in [-0.15, -0.1) is 0 Å². The molecular formula is C36H36ClN5O5. The van der Waals surface area contributed by atoms with Crippen molar-refractivity contribution in [3.8, 4) is 0 Å². The van der Waals surface area contributed by atoms with E-state index < -0.39 is 23.7 Å². The number of hydrogen-bond donors (Lipinski definition) is 5. The van der Waals surface area contributed by atoms with Crippen molar-refractivity contribution in [1.82, 2.24) is 20.6 Å². The van der Waals surface area contributed by atoms with Crippen molar-refractivity contribution in [2.75, 3.05) is 18.4 Å². The molecule has 4 bridgehead atoms. The molecule has 10 nitrogen and oxygen atoms in total. The molecule has 11 heteroatoms. The Bertz CT molecular complexity index is 1840. The Morgan fingerprint density at radius 3 is 2.23 bits per heavy atom. The number of fused-ring (bicyclic) bond motifs is 1. The maximum Gasteiger partial charge on any atom is 0.335 e. The number of amides is 3. The van der Waals surface area contributed by atoms with Crippen LogP contribution in [0.3, 0.4) is 0 Å². The first-order valence-electron chi connectivity index (χ1n) is 16.1. The molecular weight excluding hydrogens is 618 g/mol. The Morgan fingerprint density at radius 2 is 1.55 bits per heavy atom. The summed E-state index contributed by atoms with van der Waals surface area (Å²) in [6, 6.07) is 16.2. The first-order valence-corrected chi connectivity index (χ1v) is 16.5. The molecule has 5 N–H and O–H groups in total. The van der Waals surface area contributed by atoms with Gasteiger partial charge in [0.25, 0.3) is 11.8 Å². The number of anilines is 1. The van der Waals surface area contributed by atoms with E-state index >= 15 is 0 Å². The fourth-order valence-corrected chi connectivity index (χ4v) is 8.70. The van der Waals surface area contributed by atoms with Crippen LogP contribution < -0.4 is 16.0 Å². The largest absolute Gasteiger partial charge is 0.478 e. The van der Waals surface area contributed by atoms with Crippen LogP contribution in [0.2, 0.25) is 5.02 Å². The Hall–Kier alpha value is -4.70. The predicted molar refractivity (Wildman–Crippen MR) is 178 cm³/mol. The topological polar surface area (TPSA) is 153 Å². The van der Waals surface area contributed by atoms with Gasteiger partial charge < -0.3 is 26.0 Å². The monoisotopic (exact) mass is 653 g/mol. The number of rotatable bonds is 10. The van der Waals surface area contributed by atoms with Crippen LogP contribution in [0.5, 0.6) is 0 Å². The second-order valence-corrected chi connectivity index (χ2v) is 14.0. The minimum atomic E-state index is -1.16. The number of benzene rings is 3. The Balaban J connectivity index is 1.10. The van der Waals surface area contributed by atoms with Gasteiger partial charge >= 0.3 is 5.97 Å². The van der Waals surface area contributed by atoms with E-state index in [4.69, 9.17) is 11.6 Å². The molecule has 4 aliphatic carbocycles. The van der Waals surface area contributed by atoms with E-state index in [9.17, 15) is 24.3 Å². The fourth-order valence-electron chi connectivity index (χ4n) is 8.54. The van der Waals surface area contributed by atoms with Gasteiger partial charge in [0.1, 0.15) is 0 Å². The van der Waals surface area contributed by atoms with E-state index in [-0.39, 0.29) is 45.3 Å². The van der Waals surface area contributed by atoms with Crippen LogP contribution in [-0.4, -0.2) is 51.9 Å². The quantitative estimate of drug-likeness (QED) is 0.141. The molecule has 242 valence electrons. The number of aromatic amines is 1. The number of nitrogens with one attached hydrogen (secondary N) is 4. The fraction of sp³-hybridized carbons (Fsp3) is 0.361. The minimum absolute atomic E-state index is 0.0305. The van der Waals surface area contributed by atoms with E-state index in [0.29, 0.717) is 23.1 Å². The number of aromatic carboxylic acids is 1. The van der Waals surface area contributed by atoms with Crippen LogP contribution in [0, 0.1) is 23.2 Å². The highest BCUT2D eigenvalue weighted by molar-refractivity contribution is 6.34. The Labute approximate surface area is 276 Å². The molecule has 4 fully saturated rings. The van der Waals surface area contributed by atoms with Crippen LogP contribution in [-0.2, 0) is 4.79 Å². The molecule has 3 aromatic carbocycles. The second-order valence-electron chi connectivity index (χ2n) is 13.6. The van der Waals surface area contributed by atoms with E-state index in [1.165, 1.54) is 43.8 Å². The zero-order valence-corrected chi connectivity index (χ0v) is 26.5. The number of carbonyl (C=O) groups is 4. The molecule has 0 saturated heterocycles. The van der Waals surface area contributed by atoms with Gasteiger partial charge in [0.05, 0.1) is 50.7 Å². The molecule has 1 heterocycles. The number of carboxylic acids is 1. The predicted octanol–water partition coefficient (Wildman–Crippen LogP) is 6.01. The summed E-state index contributed by atoms with van der Waals surface area (Å²) in [5.41, 5.74) is 2.46. The van der Waals surface area contributed by atoms with Crippen molar-refractivity contribution >= 4 is 52.0 Å². The third-order valence-electron chi connectivity index (χ3n) is 10.3. The van der Waals surface area contributed by atoms with Crippen molar-refractivity contribution in [2.24, 2.45) is 23.2 Å². The molecule has 4 saturated carbocycles. The zero-order chi connectivity index (χ0) is 32.7. The lowest BCUT2D eigenvalue weighted by molar-refractivity contribution is -0.117. The highest BCUT2D eigenvalue weighted by Gasteiger charge is 2.50. The Kier molecular flexibility index (Phi) is 8.21. The average molecular weight is 654 g/mol. The van der Waals surface area contributed by atoms with Gasteiger partial charge in [-0.2, -0.15) is 0 Å². The molecule has 0 spiro atoms. The lowest BCUT2D eigenvalue weighted by Crippen LogP contribution is -2.51. The third-order valence-corrected chi connectivity index (χ3v) is 10.6. The van der Waals surface area contributed by atoms with Crippen LogP contribution >= 0.6 is 11.6 Å². The minimum Gasteiger partial charge on any atom is -0.478 e. The second kappa shape index (κ2) is 12.5. The molecule has 1 unspecified atom stereocenters. The van der Waals surface area contributed by atoms with Crippen molar-refractivity contribution < 1.29 is 24.3 Å². The normalized spacial score (nSPS) is 23.3. The molecule has 8 rings (SSSR count). The van der Waals surface area contributed by atoms with Gasteiger partial charge in [-0.3, -0.25) is 14.4 Å². The number of H-pyrrole nitrogens is 1. The van der Waals surface area contributed by atoms with Gasteiger partial charge in [-0.25, -0.2) is 9.78 Å². The third kappa shape index (κ3) is 6.34. The highest BCUT2D eigenvalue weighted by atomic mass is 35.5. The molecule has 1 atom stereocenters. The van der Waals surface area contributed by atoms with Crippen LogP contribution in [0.1, 0.15) is 81.1 Å². The van der Waals surface area contributed by atoms with E-state index in [1.807, 2.05) is 6.07 Å². The van der Waals surface area contributed by atoms with Crippen LogP contribution in [0.25, 0.3) is 11.0 Å². The molecule has 3 amide bonds. The Morgan fingerprint density at radius 1 is 0.894 bits per heavy atom. The van der Waals surface area contributed by atoms with Gasteiger partial charge in [0.15, 0.2) is 0 Å². The summed E-state index contributed by atoms with van der Waals surface area (Å²) < 4.78 is 0. The van der Waals surface area contributed by atoms with E-state index in [2.05, 4.69) is 25.9 Å². The smallest absolute Gasteiger partial charge is 0.335 e. The first-order chi connectivity index (χ1) is 22.7. The summed E-state index contributed by atoms with van der Waals surface area (Å²) in [5, 5.41) is 18.4. The molecule has 1 aromatic heterocycles. The summed E-state index contributed by atoms with van der Waals surface area (Å²) in [6.45, 7) is 0.497. The standard InChI is InChI=1S/C36H36ClN5O5/c37-28-7-6-24(35(46)47)11-29(28)42-34(45)27(23-4-2-1-3-5-23)17-38-32(43)25-12-30-31(41-19-40-30)13-26(25)33(44)39-18-36-14-20-8-21(15-36)10-22(9-20)16-36/h1-7,11-13,19-22,27H,8-10,14-18H2,(H,38,43)(H,39,44)(H,40,41)(H,42,45)(H,46,47). The lowest BCUT2D eigenvalue weighted by Gasteiger charge is -2.56. The molecule has 4 aliphatic rings. The first kappa shape index (κ1) is 30.9. The average Bonchev–Trinajstić information content (AvgIpc) is 3.52. The van der Waals surface area contributed by atoms with Gasteiger partial charge in [0, 0.05) is 13.1 Å². The summed E-state index contributed by atoms with van der Waals surface area (Å²) in [6.07, 6.45) is 8.93. The number of hydrogen-bond acceptors (Lipinski definition) is 5. The maximum atomic E-state index is 13.8. The van der Waals surface area contributed by atoms with Crippen LogP contribution in [0.4, 0.5) is 5.69 Å². The number of halogens is 1. The summed E-state index contributed by atoms with van der Waals surface area (Å²) in [5.74, 6) is -1.06. The number of carbonyl (C=O) groups excluding carboxylic acids is 3. The summed E-state index contributed by atoms with van der Waals surface area (Å²) in [7, 11) is 0. The molecule has 47 heavy (non-hydrogen) atoms. The number of aromatic nitrogens is 2. The lowest BCUT2D eigenvalue weighted by atomic mass is 9.49. The molecule has 0 radical (unpaired) electrons.